The van der Waals surface area contributed by atoms with Crippen LogP contribution in [0.4, 0.5) is 0 Å². The van der Waals surface area contributed by atoms with Gasteiger partial charge in [-0.05, 0) is 37.6 Å². The van der Waals surface area contributed by atoms with Crippen molar-refractivity contribution in [3.63, 3.8) is 0 Å². The quantitative estimate of drug-likeness (QED) is 0.697. The second-order valence-electron chi connectivity index (χ2n) is 5.55. The number of likely N-dealkylation sites (tertiary alicyclic amines) is 1. The highest BCUT2D eigenvalue weighted by Gasteiger charge is 2.45. The monoisotopic (exact) mass is 208 g/mol. The van der Waals surface area contributed by atoms with E-state index in [9.17, 15) is 4.79 Å². The van der Waals surface area contributed by atoms with E-state index in [2.05, 4.69) is 10.2 Å². The van der Waals surface area contributed by atoms with Crippen LogP contribution in [0.1, 0.15) is 32.1 Å². The Labute approximate surface area is 91.2 Å². The summed E-state index contributed by atoms with van der Waals surface area (Å²) in [5.74, 6) is 0.698. The first kappa shape index (κ1) is 9.64. The zero-order chi connectivity index (χ0) is 10.3. The van der Waals surface area contributed by atoms with E-state index < -0.39 is 0 Å². The number of rotatable bonds is 1. The van der Waals surface area contributed by atoms with Crippen LogP contribution >= 0.6 is 0 Å². The molecule has 3 fully saturated rings. The predicted molar refractivity (Wildman–Crippen MR) is 58.5 cm³/mol. The Morgan fingerprint density at radius 1 is 1.33 bits per heavy atom. The van der Waals surface area contributed by atoms with E-state index in [1.54, 1.807) is 0 Å². The van der Waals surface area contributed by atoms with Gasteiger partial charge >= 0.3 is 0 Å². The van der Waals surface area contributed by atoms with Crippen LogP contribution in [0.25, 0.3) is 0 Å². The van der Waals surface area contributed by atoms with E-state index in [4.69, 9.17) is 0 Å². The molecule has 1 N–H and O–H groups in total. The van der Waals surface area contributed by atoms with Gasteiger partial charge < -0.3 is 10.2 Å². The van der Waals surface area contributed by atoms with E-state index in [1.165, 1.54) is 25.7 Å². The molecular weight excluding hydrogens is 188 g/mol. The first-order valence-electron chi connectivity index (χ1n) is 6.29. The molecule has 2 heterocycles. The number of hydrogen-bond donors (Lipinski definition) is 1. The van der Waals surface area contributed by atoms with Crippen molar-refractivity contribution in [2.75, 3.05) is 26.2 Å². The number of hydrogen-bond acceptors (Lipinski definition) is 2. The van der Waals surface area contributed by atoms with E-state index >= 15 is 0 Å². The van der Waals surface area contributed by atoms with Crippen LogP contribution in [0.3, 0.4) is 0 Å². The third kappa shape index (κ3) is 1.57. The highest BCUT2D eigenvalue weighted by Crippen LogP contribution is 2.48. The summed E-state index contributed by atoms with van der Waals surface area (Å²) in [4.78, 5) is 14.3. The molecule has 1 atom stereocenters. The Balaban J connectivity index is 1.61. The number of amides is 1. The SMILES string of the molecule is O=C(C1CCNC1)N1CCC2(CCC2)C1. The van der Waals surface area contributed by atoms with E-state index in [0.29, 0.717) is 11.3 Å². The van der Waals surface area contributed by atoms with Crippen molar-refractivity contribution in [1.29, 1.82) is 0 Å². The zero-order valence-electron chi connectivity index (χ0n) is 9.30. The largest absolute Gasteiger partial charge is 0.342 e. The lowest BCUT2D eigenvalue weighted by Gasteiger charge is -2.38. The molecule has 1 amide bonds. The summed E-state index contributed by atoms with van der Waals surface area (Å²) in [5.41, 5.74) is 0.557. The maximum absolute atomic E-state index is 12.2. The lowest BCUT2D eigenvalue weighted by Crippen LogP contribution is -2.39. The lowest BCUT2D eigenvalue weighted by molar-refractivity contribution is -0.134. The molecule has 0 aromatic rings. The fourth-order valence-electron chi connectivity index (χ4n) is 3.33. The lowest BCUT2D eigenvalue weighted by atomic mass is 9.68. The van der Waals surface area contributed by atoms with E-state index in [-0.39, 0.29) is 5.92 Å². The fraction of sp³-hybridized carbons (Fsp3) is 0.917. The number of nitrogens with zero attached hydrogens (tertiary/aromatic N) is 1. The molecule has 0 aromatic carbocycles. The normalized spacial score (nSPS) is 33.3. The molecule has 3 rings (SSSR count). The van der Waals surface area contributed by atoms with Crippen LogP contribution in [0.5, 0.6) is 0 Å². The summed E-state index contributed by atoms with van der Waals surface area (Å²) < 4.78 is 0. The Bertz CT molecular complexity index is 267. The standard InChI is InChI=1S/C12H20N2O/c15-11(10-2-6-13-8-10)14-7-5-12(9-14)3-1-4-12/h10,13H,1-9H2. The third-order valence-electron chi connectivity index (χ3n) is 4.57. The molecule has 2 saturated heterocycles. The topological polar surface area (TPSA) is 32.3 Å². The first-order chi connectivity index (χ1) is 7.29. The first-order valence-corrected chi connectivity index (χ1v) is 6.29. The maximum Gasteiger partial charge on any atom is 0.227 e. The fourth-order valence-corrected chi connectivity index (χ4v) is 3.33. The van der Waals surface area contributed by atoms with Gasteiger partial charge in [-0.2, -0.15) is 0 Å². The van der Waals surface area contributed by atoms with Gasteiger partial charge in [0.1, 0.15) is 0 Å². The second-order valence-corrected chi connectivity index (χ2v) is 5.55. The molecular formula is C12H20N2O. The van der Waals surface area contributed by atoms with Crippen LogP contribution in [0.2, 0.25) is 0 Å². The predicted octanol–water partition coefficient (Wildman–Crippen LogP) is 0.998. The Morgan fingerprint density at radius 3 is 2.73 bits per heavy atom. The van der Waals surface area contributed by atoms with Gasteiger partial charge in [0.15, 0.2) is 0 Å². The highest BCUT2D eigenvalue weighted by molar-refractivity contribution is 5.79. The van der Waals surface area contributed by atoms with Crippen LogP contribution in [0, 0.1) is 11.3 Å². The molecule has 0 aromatic heterocycles. The summed E-state index contributed by atoms with van der Waals surface area (Å²) in [6.45, 7) is 4.01. The van der Waals surface area contributed by atoms with Crippen LogP contribution < -0.4 is 5.32 Å². The zero-order valence-corrected chi connectivity index (χ0v) is 9.30. The molecule has 1 unspecified atom stereocenters. The Hall–Kier alpha value is -0.570. The average molecular weight is 208 g/mol. The smallest absolute Gasteiger partial charge is 0.227 e. The number of carbonyl (C=O) groups excluding carboxylic acids is 1. The summed E-state index contributed by atoms with van der Waals surface area (Å²) in [5, 5.41) is 3.28. The minimum atomic E-state index is 0.278. The van der Waals surface area contributed by atoms with Gasteiger partial charge in [0, 0.05) is 19.6 Å². The van der Waals surface area contributed by atoms with Gasteiger partial charge in [-0.3, -0.25) is 4.79 Å². The van der Waals surface area contributed by atoms with Gasteiger partial charge in [-0.1, -0.05) is 6.42 Å². The van der Waals surface area contributed by atoms with Crippen LogP contribution in [-0.2, 0) is 4.79 Å². The molecule has 2 aliphatic heterocycles. The van der Waals surface area contributed by atoms with Gasteiger partial charge in [0.2, 0.25) is 5.91 Å². The van der Waals surface area contributed by atoms with Crippen molar-refractivity contribution in [2.45, 2.75) is 32.1 Å². The van der Waals surface area contributed by atoms with Crippen molar-refractivity contribution < 1.29 is 4.79 Å². The molecule has 3 aliphatic rings. The van der Waals surface area contributed by atoms with E-state index in [1.807, 2.05) is 0 Å². The van der Waals surface area contributed by atoms with E-state index in [0.717, 1.165) is 32.6 Å². The minimum Gasteiger partial charge on any atom is -0.342 e. The summed E-state index contributed by atoms with van der Waals surface area (Å²) in [7, 11) is 0. The van der Waals surface area contributed by atoms with Gasteiger partial charge in [0.05, 0.1) is 5.92 Å². The van der Waals surface area contributed by atoms with Gasteiger partial charge in [-0.25, -0.2) is 0 Å². The molecule has 1 spiro atoms. The maximum atomic E-state index is 12.2. The second kappa shape index (κ2) is 3.48. The van der Waals surface area contributed by atoms with Crippen LogP contribution in [0.15, 0.2) is 0 Å². The Kier molecular flexibility index (Phi) is 2.23. The number of nitrogens with one attached hydrogen (secondary N) is 1. The van der Waals surface area contributed by atoms with Crippen molar-refractivity contribution in [2.24, 2.45) is 11.3 Å². The highest BCUT2D eigenvalue weighted by atomic mass is 16.2. The van der Waals surface area contributed by atoms with Gasteiger partial charge in [-0.15, -0.1) is 0 Å². The molecule has 1 saturated carbocycles. The summed E-state index contributed by atoms with van der Waals surface area (Å²) in [6, 6.07) is 0. The van der Waals surface area contributed by atoms with Crippen molar-refractivity contribution in [3.8, 4) is 0 Å². The molecule has 84 valence electrons. The molecule has 1 aliphatic carbocycles. The Morgan fingerprint density at radius 2 is 2.20 bits per heavy atom. The van der Waals surface area contributed by atoms with Crippen molar-refractivity contribution in [3.05, 3.63) is 0 Å². The molecule has 0 radical (unpaired) electrons. The average Bonchev–Trinajstić information content (AvgIpc) is 2.85. The molecule has 15 heavy (non-hydrogen) atoms. The van der Waals surface area contributed by atoms with Crippen molar-refractivity contribution in [1.82, 2.24) is 10.2 Å². The number of carbonyl (C=O) groups is 1. The third-order valence-corrected chi connectivity index (χ3v) is 4.57. The summed E-state index contributed by atoms with van der Waals surface area (Å²) >= 11 is 0. The summed E-state index contributed by atoms with van der Waals surface area (Å²) in [6.07, 6.45) is 6.41. The molecule has 0 bridgehead atoms. The molecule has 3 nitrogen and oxygen atoms in total. The van der Waals surface area contributed by atoms with Crippen molar-refractivity contribution >= 4 is 5.91 Å². The van der Waals surface area contributed by atoms with Crippen LogP contribution in [-0.4, -0.2) is 37.0 Å². The molecule has 3 heteroatoms. The van der Waals surface area contributed by atoms with Gasteiger partial charge in [0.25, 0.3) is 0 Å². The minimum absolute atomic E-state index is 0.278.